The minimum Gasteiger partial charge on any atom is -0.454 e. The molecule has 1 heterocycles. The van der Waals surface area contributed by atoms with Gasteiger partial charge in [-0.15, -0.1) is 0 Å². The van der Waals surface area contributed by atoms with Crippen LogP contribution in [0.5, 0.6) is 11.5 Å². The zero-order chi connectivity index (χ0) is 8.55. The van der Waals surface area contributed by atoms with Crippen LogP contribution < -0.4 is 14.4 Å². The lowest BCUT2D eigenvalue weighted by atomic mass is 10.2. The van der Waals surface area contributed by atoms with Gasteiger partial charge in [0.15, 0.2) is 11.5 Å². The normalized spacial score (nSPS) is 13.2. The van der Waals surface area contributed by atoms with E-state index in [9.17, 15) is 0 Å². The average molecular weight is 165 g/mol. The van der Waals surface area contributed by atoms with Crippen LogP contribution in [0.4, 0.5) is 5.69 Å². The maximum absolute atomic E-state index is 5.33. The van der Waals surface area contributed by atoms with Crippen LogP contribution >= 0.6 is 0 Å². The van der Waals surface area contributed by atoms with E-state index in [1.807, 2.05) is 37.2 Å². The summed E-state index contributed by atoms with van der Waals surface area (Å²) in [5, 5.41) is 0. The molecule has 1 aliphatic rings. The van der Waals surface area contributed by atoms with E-state index in [-0.39, 0.29) is 0 Å². The fourth-order valence-electron chi connectivity index (χ4n) is 1.27. The summed E-state index contributed by atoms with van der Waals surface area (Å²) >= 11 is 0. The lowest BCUT2D eigenvalue weighted by Gasteiger charge is -2.13. The Hall–Kier alpha value is -1.38. The van der Waals surface area contributed by atoms with Crippen molar-refractivity contribution in [3.8, 4) is 11.5 Å². The summed E-state index contributed by atoms with van der Waals surface area (Å²) in [4.78, 5) is 2.01. The fraction of sp³-hybridized carbons (Fsp3) is 0.333. The molecule has 0 fully saturated rings. The highest BCUT2D eigenvalue weighted by Gasteiger charge is 2.17. The van der Waals surface area contributed by atoms with E-state index in [1.54, 1.807) is 0 Å². The summed E-state index contributed by atoms with van der Waals surface area (Å²) in [5.41, 5.74) is 1.06. The van der Waals surface area contributed by atoms with Gasteiger partial charge in [-0.1, -0.05) is 6.07 Å². The van der Waals surface area contributed by atoms with Gasteiger partial charge in [-0.05, 0) is 12.1 Å². The molecule has 0 unspecified atom stereocenters. The summed E-state index contributed by atoms with van der Waals surface area (Å²) in [7, 11) is 3.97. The van der Waals surface area contributed by atoms with E-state index >= 15 is 0 Å². The molecular weight excluding hydrogens is 154 g/mol. The van der Waals surface area contributed by atoms with E-state index < -0.39 is 0 Å². The number of ether oxygens (including phenoxy) is 2. The third kappa shape index (κ3) is 0.978. The molecule has 1 aliphatic heterocycles. The van der Waals surface area contributed by atoms with Gasteiger partial charge >= 0.3 is 0 Å². The van der Waals surface area contributed by atoms with Crippen LogP contribution in [0, 0.1) is 0 Å². The smallest absolute Gasteiger partial charge is 0.231 e. The number of benzene rings is 1. The maximum atomic E-state index is 5.33. The lowest BCUT2D eigenvalue weighted by Crippen LogP contribution is -2.09. The van der Waals surface area contributed by atoms with Crippen molar-refractivity contribution in [3.05, 3.63) is 18.2 Å². The first-order valence-corrected chi connectivity index (χ1v) is 3.85. The molecule has 0 saturated carbocycles. The van der Waals surface area contributed by atoms with Crippen molar-refractivity contribution >= 4 is 5.69 Å². The molecule has 0 N–H and O–H groups in total. The van der Waals surface area contributed by atoms with Crippen LogP contribution in [0.25, 0.3) is 0 Å². The summed E-state index contributed by atoms with van der Waals surface area (Å²) < 4.78 is 10.6. The molecule has 3 heteroatoms. The number of fused-ring (bicyclic) bond motifs is 1. The Bertz CT molecular complexity index is 297. The second-order valence-corrected chi connectivity index (χ2v) is 2.91. The second-order valence-electron chi connectivity index (χ2n) is 2.91. The van der Waals surface area contributed by atoms with Gasteiger partial charge < -0.3 is 14.4 Å². The van der Waals surface area contributed by atoms with Crippen molar-refractivity contribution < 1.29 is 9.47 Å². The van der Waals surface area contributed by atoms with Crippen LogP contribution in [0.15, 0.2) is 18.2 Å². The van der Waals surface area contributed by atoms with Crippen LogP contribution in [0.3, 0.4) is 0 Å². The number of para-hydroxylation sites is 1. The summed E-state index contributed by atoms with van der Waals surface area (Å²) in [5.74, 6) is 1.68. The Labute approximate surface area is 71.5 Å². The van der Waals surface area contributed by atoms with Gasteiger partial charge in [0.05, 0.1) is 5.69 Å². The Morgan fingerprint density at radius 1 is 1.25 bits per heavy atom. The molecule has 0 saturated heterocycles. The van der Waals surface area contributed by atoms with Crippen molar-refractivity contribution in [3.63, 3.8) is 0 Å². The van der Waals surface area contributed by atoms with E-state index in [1.165, 1.54) is 0 Å². The monoisotopic (exact) mass is 165 g/mol. The van der Waals surface area contributed by atoms with E-state index in [0.29, 0.717) is 6.79 Å². The van der Waals surface area contributed by atoms with Crippen LogP contribution in [0.2, 0.25) is 0 Å². The third-order valence-electron chi connectivity index (χ3n) is 1.86. The first-order valence-electron chi connectivity index (χ1n) is 3.85. The van der Waals surface area contributed by atoms with E-state index in [4.69, 9.17) is 9.47 Å². The fourth-order valence-corrected chi connectivity index (χ4v) is 1.27. The molecule has 0 spiro atoms. The van der Waals surface area contributed by atoms with Crippen LogP contribution in [-0.2, 0) is 0 Å². The van der Waals surface area contributed by atoms with Crippen LogP contribution in [0.1, 0.15) is 0 Å². The summed E-state index contributed by atoms with van der Waals surface area (Å²) in [6.45, 7) is 0.334. The number of hydrogen-bond acceptors (Lipinski definition) is 3. The van der Waals surface area contributed by atoms with Crippen molar-refractivity contribution in [2.24, 2.45) is 0 Å². The average Bonchev–Trinajstić information content (AvgIpc) is 2.49. The van der Waals surface area contributed by atoms with Gasteiger partial charge in [0.2, 0.25) is 6.79 Å². The summed E-state index contributed by atoms with van der Waals surface area (Å²) in [6.07, 6.45) is 0. The molecule has 0 bridgehead atoms. The highest BCUT2D eigenvalue weighted by atomic mass is 16.7. The zero-order valence-electron chi connectivity index (χ0n) is 7.20. The van der Waals surface area contributed by atoms with Gasteiger partial charge in [-0.3, -0.25) is 0 Å². The molecule has 1 aromatic rings. The van der Waals surface area contributed by atoms with Crippen molar-refractivity contribution in [2.75, 3.05) is 25.8 Å². The quantitative estimate of drug-likeness (QED) is 0.629. The Balaban J connectivity index is 2.49. The molecule has 0 radical (unpaired) electrons. The van der Waals surface area contributed by atoms with Gasteiger partial charge in [0.1, 0.15) is 0 Å². The largest absolute Gasteiger partial charge is 0.454 e. The predicted molar refractivity (Wildman–Crippen MR) is 46.9 cm³/mol. The standard InChI is InChI=1S/C9H11NO2/c1-10(2)7-4-3-5-8-9(7)12-6-11-8/h3-5H,6H2,1-2H3. The SMILES string of the molecule is CN(C)c1cccc2c1OCO2. The number of anilines is 1. The number of nitrogens with zero attached hydrogens (tertiary/aromatic N) is 1. The van der Waals surface area contributed by atoms with E-state index in [0.717, 1.165) is 17.2 Å². The van der Waals surface area contributed by atoms with Gasteiger partial charge in [0, 0.05) is 14.1 Å². The summed E-state index contributed by atoms with van der Waals surface area (Å²) in [6, 6.07) is 5.88. The first kappa shape index (κ1) is 7.28. The topological polar surface area (TPSA) is 21.7 Å². The molecular formula is C9H11NO2. The first-order chi connectivity index (χ1) is 5.79. The van der Waals surface area contributed by atoms with Gasteiger partial charge in [0.25, 0.3) is 0 Å². The highest BCUT2D eigenvalue weighted by Crippen LogP contribution is 2.39. The van der Waals surface area contributed by atoms with E-state index in [2.05, 4.69) is 0 Å². The van der Waals surface area contributed by atoms with Gasteiger partial charge in [-0.2, -0.15) is 0 Å². The van der Waals surface area contributed by atoms with Crippen molar-refractivity contribution in [1.82, 2.24) is 0 Å². The minimum absolute atomic E-state index is 0.334. The molecule has 2 rings (SSSR count). The predicted octanol–water partition coefficient (Wildman–Crippen LogP) is 1.48. The van der Waals surface area contributed by atoms with Crippen molar-refractivity contribution in [1.29, 1.82) is 0 Å². The zero-order valence-corrected chi connectivity index (χ0v) is 7.20. The minimum atomic E-state index is 0.334. The van der Waals surface area contributed by atoms with Gasteiger partial charge in [-0.25, -0.2) is 0 Å². The molecule has 1 aromatic carbocycles. The highest BCUT2D eigenvalue weighted by molar-refractivity contribution is 5.64. The number of rotatable bonds is 1. The second kappa shape index (κ2) is 2.59. The molecule has 0 aromatic heterocycles. The molecule has 64 valence electrons. The Morgan fingerprint density at radius 2 is 2.08 bits per heavy atom. The molecule has 0 aliphatic carbocycles. The molecule has 12 heavy (non-hydrogen) atoms. The van der Waals surface area contributed by atoms with Crippen LogP contribution in [-0.4, -0.2) is 20.9 Å². The van der Waals surface area contributed by atoms with Crippen molar-refractivity contribution in [2.45, 2.75) is 0 Å². The third-order valence-corrected chi connectivity index (χ3v) is 1.86. The molecule has 3 nitrogen and oxygen atoms in total. The lowest BCUT2D eigenvalue weighted by molar-refractivity contribution is 0.174. The Morgan fingerprint density at radius 3 is 2.83 bits per heavy atom. The Kier molecular flexibility index (Phi) is 1.57. The number of hydrogen-bond donors (Lipinski definition) is 0. The maximum Gasteiger partial charge on any atom is 0.231 e. The molecule has 0 amide bonds. The molecule has 0 atom stereocenters.